The highest BCUT2D eigenvalue weighted by Crippen LogP contribution is 2.19. The van der Waals surface area contributed by atoms with E-state index in [4.69, 9.17) is 4.74 Å². The van der Waals surface area contributed by atoms with Crippen LogP contribution in [0.1, 0.15) is 50.2 Å². The second kappa shape index (κ2) is 7.66. The number of ketones is 2. The van der Waals surface area contributed by atoms with Crippen molar-refractivity contribution >= 4 is 11.6 Å². The lowest BCUT2D eigenvalue weighted by molar-refractivity contribution is -0.884. The fourth-order valence-electron chi connectivity index (χ4n) is 3.35. The monoisotopic (exact) mass is 343 g/mol. The predicted octanol–water partition coefficient (Wildman–Crippen LogP) is 2.05. The van der Waals surface area contributed by atoms with Crippen molar-refractivity contribution in [3.63, 3.8) is 0 Å². The lowest BCUT2D eigenvalue weighted by Gasteiger charge is -2.16. The number of Topliss-reactive ketones (excluding diaryl/α,β-unsaturated/α-hetero) is 2. The molecule has 1 unspecified atom stereocenters. The Morgan fingerprint density at radius 2 is 1.88 bits per heavy atom. The Morgan fingerprint density at radius 1 is 1.20 bits per heavy atom. The molecular weight excluding hydrogens is 316 g/mol. The van der Waals surface area contributed by atoms with Crippen LogP contribution in [0.2, 0.25) is 0 Å². The number of nitrogens with one attached hydrogen (secondary N) is 2. The fraction of sp³-hybridized carbons (Fsp3) is 0.400. The highest BCUT2D eigenvalue weighted by molar-refractivity contribution is 6.03. The highest BCUT2D eigenvalue weighted by Gasteiger charge is 2.22. The molecule has 0 fully saturated rings. The number of quaternary nitrogens is 1. The molecule has 5 heteroatoms. The first-order valence-corrected chi connectivity index (χ1v) is 8.42. The van der Waals surface area contributed by atoms with Gasteiger partial charge >= 0.3 is 0 Å². The number of likely N-dealkylation sites (N-methyl/N-ethyl adjacent to an activating group) is 1. The number of ether oxygens (including phenoxy) is 1. The Labute approximate surface area is 149 Å². The summed E-state index contributed by atoms with van der Waals surface area (Å²) in [5, 5.41) is 0. The van der Waals surface area contributed by atoms with Gasteiger partial charge in [0.1, 0.15) is 18.8 Å². The Hall–Kier alpha value is -2.40. The highest BCUT2D eigenvalue weighted by atomic mass is 16.5. The van der Waals surface area contributed by atoms with E-state index in [0.717, 1.165) is 33.0 Å². The molecule has 0 bridgehead atoms. The van der Waals surface area contributed by atoms with Gasteiger partial charge in [0, 0.05) is 16.8 Å². The molecule has 0 aliphatic carbocycles. The Morgan fingerprint density at radius 3 is 2.44 bits per heavy atom. The van der Waals surface area contributed by atoms with Crippen molar-refractivity contribution in [2.24, 2.45) is 0 Å². The van der Waals surface area contributed by atoms with Crippen LogP contribution in [0.25, 0.3) is 0 Å². The molecular formula is C20H27N2O3+. The SMILES string of the molecule is COc1ccc(C)cc1C[NH+](C)CC(=O)c1[nH]c(C)c(C(C)=O)c1C. The van der Waals surface area contributed by atoms with Crippen LogP contribution in [-0.4, -0.2) is 37.3 Å². The number of aryl methyl sites for hydroxylation is 2. The quantitative estimate of drug-likeness (QED) is 0.756. The largest absolute Gasteiger partial charge is 0.496 e. The van der Waals surface area contributed by atoms with E-state index in [2.05, 4.69) is 11.1 Å². The van der Waals surface area contributed by atoms with Gasteiger partial charge in [-0.15, -0.1) is 0 Å². The van der Waals surface area contributed by atoms with Crippen molar-refractivity contribution in [1.29, 1.82) is 0 Å². The summed E-state index contributed by atoms with van der Waals surface area (Å²) in [5.41, 5.74) is 4.91. The van der Waals surface area contributed by atoms with E-state index in [1.807, 2.05) is 40.0 Å². The number of carbonyl (C=O) groups excluding carboxylic acids is 2. The number of hydrogen-bond donors (Lipinski definition) is 2. The molecule has 0 aliphatic rings. The number of hydrogen-bond acceptors (Lipinski definition) is 3. The normalized spacial score (nSPS) is 12.1. The first kappa shape index (κ1) is 18.9. The number of H-pyrrole nitrogens is 1. The molecule has 5 nitrogen and oxygen atoms in total. The topological polar surface area (TPSA) is 63.6 Å². The van der Waals surface area contributed by atoms with Crippen LogP contribution in [0.5, 0.6) is 5.75 Å². The van der Waals surface area contributed by atoms with E-state index >= 15 is 0 Å². The van der Waals surface area contributed by atoms with Gasteiger partial charge in [-0.2, -0.15) is 0 Å². The predicted molar refractivity (Wildman–Crippen MR) is 97.8 cm³/mol. The third-order valence-electron chi connectivity index (χ3n) is 4.46. The van der Waals surface area contributed by atoms with Gasteiger partial charge in [-0.25, -0.2) is 0 Å². The van der Waals surface area contributed by atoms with E-state index in [1.165, 1.54) is 6.92 Å². The van der Waals surface area contributed by atoms with Crippen LogP contribution in [0.4, 0.5) is 0 Å². The molecule has 2 N–H and O–H groups in total. The maximum absolute atomic E-state index is 12.7. The third kappa shape index (κ3) is 4.17. The minimum Gasteiger partial charge on any atom is -0.496 e. The first-order chi connectivity index (χ1) is 11.7. The Kier molecular flexibility index (Phi) is 5.80. The summed E-state index contributed by atoms with van der Waals surface area (Å²) < 4.78 is 5.41. The lowest BCUT2D eigenvalue weighted by atomic mass is 10.1. The molecule has 1 aromatic heterocycles. The molecule has 2 aromatic rings. The van der Waals surface area contributed by atoms with Crippen molar-refractivity contribution in [2.45, 2.75) is 34.2 Å². The van der Waals surface area contributed by atoms with Gasteiger partial charge < -0.3 is 14.6 Å². The minimum atomic E-state index is -0.0181. The zero-order valence-electron chi connectivity index (χ0n) is 15.9. The van der Waals surface area contributed by atoms with E-state index in [0.29, 0.717) is 24.3 Å². The zero-order chi connectivity index (χ0) is 18.7. The van der Waals surface area contributed by atoms with Gasteiger partial charge in [0.2, 0.25) is 5.78 Å². The van der Waals surface area contributed by atoms with Gasteiger partial charge in [-0.1, -0.05) is 11.6 Å². The molecule has 1 heterocycles. The molecule has 25 heavy (non-hydrogen) atoms. The van der Waals surface area contributed by atoms with Gasteiger partial charge in [-0.3, -0.25) is 9.59 Å². The summed E-state index contributed by atoms with van der Waals surface area (Å²) in [6, 6.07) is 6.05. The number of carbonyl (C=O) groups is 2. The number of rotatable bonds is 7. The minimum absolute atomic E-state index is 0.0113. The van der Waals surface area contributed by atoms with E-state index in [-0.39, 0.29) is 11.6 Å². The number of methoxy groups -OCH3 is 1. The van der Waals surface area contributed by atoms with Crippen molar-refractivity contribution in [1.82, 2.24) is 4.98 Å². The molecule has 1 atom stereocenters. The molecule has 0 aliphatic heterocycles. The standard InChI is InChI=1S/C20H26N2O3/c1-12-7-8-18(25-6)16(9-12)10-22(5)11-17(24)20-13(2)19(15(4)23)14(3)21-20/h7-9,21H,10-11H2,1-6H3/p+1. The summed E-state index contributed by atoms with van der Waals surface area (Å²) in [4.78, 5) is 28.6. The maximum atomic E-state index is 12.7. The average molecular weight is 343 g/mol. The number of benzene rings is 1. The molecule has 0 amide bonds. The van der Waals surface area contributed by atoms with Crippen molar-refractivity contribution in [2.75, 3.05) is 20.7 Å². The van der Waals surface area contributed by atoms with Crippen LogP contribution in [-0.2, 0) is 6.54 Å². The summed E-state index contributed by atoms with van der Waals surface area (Å²) in [6.07, 6.45) is 0. The summed E-state index contributed by atoms with van der Waals surface area (Å²) in [5.74, 6) is 0.830. The number of aromatic amines is 1. The molecule has 2 rings (SSSR count). The van der Waals surface area contributed by atoms with Crippen molar-refractivity contribution < 1.29 is 19.2 Å². The molecule has 0 saturated carbocycles. The molecule has 0 radical (unpaired) electrons. The van der Waals surface area contributed by atoms with Gasteiger partial charge in [0.05, 0.1) is 19.9 Å². The molecule has 0 saturated heterocycles. The van der Waals surface area contributed by atoms with Crippen LogP contribution >= 0.6 is 0 Å². The van der Waals surface area contributed by atoms with Crippen LogP contribution < -0.4 is 9.64 Å². The van der Waals surface area contributed by atoms with Crippen molar-refractivity contribution in [3.8, 4) is 5.75 Å². The van der Waals surface area contributed by atoms with E-state index < -0.39 is 0 Å². The van der Waals surface area contributed by atoms with Crippen LogP contribution in [0, 0.1) is 20.8 Å². The van der Waals surface area contributed by atoms with E-state index in [9.17, 15) is 9.59 Å². The summed E-state index contributed by atoms with van der Waals surface area (Å²) in [6.45, 7) is 8.25. The summed E-state index contributed by atoms with van der Waals surface area (Å²) >= 11 is 0. The number of aromatic nitrogens is 1. The smallest absolute Gasteiger partial charge is 0.233 e. The second-order valence-electron chi connectivity index (χ2n) is 6.73. The average Bonchev–Trinajstić information content (AvgIpc) is 2.82. The van der Waals surface area contributed by atoms with Gasteiger partial charge in [-0.05, 0) is 45.4 Å². The second-order valence-corrected chi connectivity index (χ2v) is 6.73. The van der Waals surface area contributed by atoms with Crippen LogP contribution in [0.15, 0.2) is 18.2 Å². The zero-order valence-corrected chi connectivity index (χ0v) is 15.9. The summed E-state index contributed by atoms with van der Waals surface area (Å²) in [7, 11) is 3.64. The van der Waals surface area contributed by atoms with Gasteiger partial charge in [0.25, 0.3) is 0 Å². The van der Waals surface area contributed by atoms with Gasteiger partial charge in [0.15, 0.2) is 5.78 Å². The maximum Gasteiger partial charge on any atom is 0.233 e. The molecule has 1 aromatic carbocycles. The third-order valence-corrected chi connectivity index (χ3v) is 4.46. The van der Waals surface area contributed by atoms with Crippen LogP contribution in [0.3, 0.4) is 0 Å². The molecule has 134 valence electrons. The lowest BCUT2D eigenvalue weighted by Crippen LogP contribution is -3.08. The molecule has 0 spiro atoms. The fourth-order valence-corrected chi connectivity index (χ4v) is 3.35. The Bertz CT molecular complexity index is 806. The van der Waals surface area contributed by atoms with Crippen molar-refractivity contribution in [3.05, 3.63) is 51.8 Å². The van der Waals surface area contributed by atoms with E-state index in [1.54, 1.807) is 7.11 Å². The first-order valence-electron chi connectivity index (χ1n) is 8.42. The Balaban J connectivity index is 2.15.